The zero-order valence-corrected chi connectivity index (χ0v) is 12.0. The minimum Gasteiger partial charge on any atom is -0.373 e. The summed E-state index contributed by atoms with van der Waals surface area (Å²) < 4.78 is 5.51. The molecule has 1 heterocycles. The summed E-state index contributed by atoms with van der Waals surface area (Å²) in [5.74, 6) is 0.146. The van der Waals surface area contributed by atoms with Crippen LogP contribution in [0.25, 0.3) is 10.8 Å². The molecule has 0 bridgehead atoms. The van der Waals surface area contributed by atoms with Crippen LogP contribution in [0.4, 0.5) is 0 Å². The Balaban J connectivity index is 1.77. The summed E-state index contributed by atoms with van der Waals surface area (Å²) >= 11 is 0. The molecule has 2 aromatic carbocycles. The average Bonchev–Trinajstić information content (AvgIpc) is 2.55. The number of fused-ring (bicyclic) bond motifs is 1. The predicted octanol–water partition coefficient (Wildman–Crippen LogP) is 1.57. The van der Waals surface area contributed by atoms with Gasteiger partial charge in [0, 0.05) is 19.6 Å². The van der Waals surface area contributed by atoms with E-state index in [2.05, 4.69) is 18.2 Å². The van der Waals surface area contributed by atoms with Gasteiger partial charge in [-0.05, 0) is 16.3 Å². The normalized spacial score (nSPS) is 18.9. The van der Waals surface area contributed by atoms with E-state index in [0.717, 1.165) is 10.9 Å². The first-order valence-electron chi connectivity index (χ1n) is 7.34. The lowest BCUT2D eigenvalue weighted by molar-refractivity contribution is -0.137. The zero-order valence-electron chi connectivity index (χ0n) is 12.0. The van der Waals surface area contributed by atoms with Crippen LogP contribution in [0.3, 0.4) is 0 Å². The molecule has 1 fully saturated rings. The SMILES string of the molecule is NCC1CN(C(=O)Cc2cccc3ccccc23)CCO1. The van der Waals surface area contributed by atoms with Gasteiger partial charge in [-0.2, -0.15) is 0 Å². The molecule has 1 atom stereocenters. The van der Waals surface area contributed by atoms with Crippen molar-refractivity contribution < 1.29 is 9.53 Å². The van der Waals surface area contributed by atoms with Gasteiger partial charge in [0.2, 0.25) is 5.91 Å². The molecule has 1 aliphatic heterocycles. The van der Waals surface area contributed by atoms with Gasteiger partial charge in [0.15, 0.2) is 0 Å². The van der Waals surface area contributed by atoms with Gasteiger partial charge in [0.1, 0.15) is 0 Å². The molecule has 2 aromatic rings. The maximum Gasteiger partial charge on any atom is 0.227 e. The molecule has 21 heavy (non-hydrogen) atoms. The quantitative estimate of drug-likeness (QED) is 0.931. The van der Waals surface area contributed by atoms with Crippen LogP contribution in [0, 0.1) is 0 Å². The highest BCUT2D eigenvalue weighted by molar-refractivity contribution is 5.90. The predicted molar refractivity (Wildman–Crippen MR) is 83.0 cm³/mol. The molecule has 0 radical (unpaired) electrons. The van der Waals surface area contributed by atoms with Gasteiger partial charge in [-0.15, -0.1) is 0 Å². The molecule has 1 unspecified atom stereocenters. The summed E-state index contributed by atoms with van der Waals surface area (Å²) in [6.07, 6.45) is 0.397. The van der Waals surface area contributed by atoms with E-state index in [0.29, 0.717) is 32.7 Å². The van der Waals surface area contributed by atoms with Gasteiger partial charge in [-0.3, -0.25) is 4.79 Å². The van der Waals surface area contributed by atoms with Gasteiger partial charge < -0.3 is 15.4 Å². The van der Waals surface area contributed by atoms with Crippen molar-refractivity contribution in [3.63, 3.8) is 0 Å². The molecule has 2 N–H and O–H groups in total. The van der Waals surface area contributed by atoms with E-state index in [9.17, 15) is 4.79 Å². The monoisotopic (exact) mass is 284 g/mol. The maximum absolute atomic E-state index is 12.5. The minimum absolute atomic E-state index is 0.0322. The topological polar surface area (TPSA) is 55.6 Å². The van der Waals surface area contributed by atoms with Gasteiger partial charge in [-0.25, -0.2) is 0 Å². The molecule has 110 valence electrons. The van der Waals surface area contributed by atoms with Gasteiger partial charge in [0.05, 0.1) is 19.1 Å². The van der Waals surface area contributed by atoms with Gasteiger partial charge in [-0.1, -0.05) is 42.5 Å². The molecule has 0 aliphatic carbocycles. The fourth-order valence-corrected chi connectivity index (χ4v) is 2.81. The Hall–Kier alpha value is -1.91. The number of nitrogens with zero attached hydrogens (tertiary/aromatic N) is 1. The highest BCUT2D eigenvalue weighted by Crippen LogP contribution is 2.19. The van der Waals surface area contributed by atoms with Crippen LogP contribution in [-0.4, -0.2) is 43.2 Å². The van der Waals surface area contributed by atoms with Crippen molar-refractivity contribution in [2.75, 3.05) is 26.2 Å². The molecule has 0 aromatic heterocycles. The number of benzene rings is 2. The van der Waals surface area contributed by atoms with Crippen molar-refractivity contribution in [2.24, 2.45) is 5.73 Å². The standard InChI is InChI=1S/C17H20N2O2/c18-11-15-12-19(8-9-21-15)17(20)10-14-6-3-5-13-4-1-2-7-16(13)14/h1-7,15H,8-12,18H2. The molecule has 1 saturated heterocycles. The van der Waals surface area contributed by atoms with Crippen molar-refractivity contribution in [1.82, 2.24) is 4.90 Å². The number of hydrogen-bond donors (Lipinski definition) is 1. The second kappa shape index (κ2) is 6.24. The molecular weight excluding hydrogens is 264 g/mol. The molecule has 0 spiro atoms. The summed E-state index contributed by atoms with van der Waals surface area (Å²) in [7, 11) is 0. The summed E-state index contributed by atoms with van der Waals surface area (Å²) in [4.78, 5) is 14.4. The number of hydrogen-bond acceptors (Lipinski definition) is 3. The highest BCUT2D eigenvalue weighted by Gasteiger charge is 2.23. The number of carbonyl (C=O) groups excluding carboxylic acids is 1. The Morgan fingerprint density at radius 2 is 2.05 bits per heavy atom. The van der Waals surface area contributed by atoms with Crippen molar-refractivity contribution in [1.29, 1.82) is 0 Å². The Bertz CT molecular complexity index is 636. The molecule has 4 nitrogen and oxygen atoms in total. The van der Waals surface area contributed by atoms with Crippen molar-refractivity contribution in [3.8, 4) is 0 Å². The Morgan fingerprint density at radius 3 is 2.90 bits per heavy atom. The molecule has 1 aliphatic rings. The average molecular weight is 284 g/mol. The number of rotatable bonds is 3. The Morgan fingerprint density at radius 1 is 1.24 bits per heavy atom. The molecule has 4 heteroatoms. The number of ether oxygens (including phenoxy) is 1. The number of amides is 1. The number of nitrogens with two attached hydrogens (primary N) is 1. The lowest BCUT2D eigenvalue weighted by Crippen LogP contribution is -2.48. The van der Waals surface area contributed by atoms with Gasteiger partial charge >= 0.3 is 0 Å². The van der Waals surface area contributed by atoms with Crippen LogP contribution in [0.1, 0.15) is 5.56 Å². The lowest BCUT2D eigenvalue weighted by Gasteiger charge is -2.32. The Kier molecular flexibility index (Phi) is 4.18. The number of morpholine rings is 1. The first kappa shape index (κ1) is 14.0. The van der Waals surface area contributed by atoms with E-state index in [4.69, 9.17) is 10.5 Å². The fourth-order valence-electron chi connectivity index (χ4n) is 2.81. The molecular formula is C17H20N2O2. The third-order valence-electron chi connectivity index (χ3n) is 3.98. The molecule has 3 rings (SSSR count). The first-order valence-corrected chi connectivity index (χ1v) is 7.34. The zero-order chi connectivity index (χ0) is 14.7. The van der Waals surface area contributed by atoms with Crippen molar-refractivity contribution >= 4 is 16.7 Å². The van der Waals surface area contributed by atoms with Crippen LogP contribution in [0.2, 0.25) is 0 Å². The maximum atomic E-state index is 12.5. The molecule has 0 saturated carbocycles. The van der Waals surface area contributed by atoms with E-state index in [1.54, 1.807) is 0 Å². The van der Waals surface area contributed by atoms with Crippen LogP contribution < -0.4 is 5.73 Å². The Labute approximate surface area is 124 Å². The first-order chi connectivity index (χ1) is 10.3. The van der Waals surface area contributed by atoms with E-state index in [-0.39, 0.29) is 12.0 Å². The summed E-state index contributed by atoms with van der Waals surface area (Å²) in [5.41, 5.74) is 6.71. The molecule has 1 amide bonds. The third kappa shape index (κ3) is 3.06. The van der Waals surface area contributed by atoms with Crippen molar-refractivity contribution in [3.05, 3.63) is 48.0 Å². The van der Waals surface area contributed by atoms with Crippen molar-refractivity contribution in [2.45, 2.75) is 12.5 Å². The smallest absolute Gasteiger partial charge is 0.227 e. The largest absolute Gasteiger partial charge is 0.373 e. The number of carbonyl (C=O) groups is 1. The van der Waals surface area contributed by atoms with Gasteiger partial charge in [0.25, 0.3) is 0 Å². The van der Waals surface area contributed by atoms with Crippen LogP contribution in [0.15, 0.2) is 42.5 Å². The van der Waals surface area contributed by atoms with E-state index < -0.39 is 0 Å². The minimum atomic E-state index is -0.0322. The summed E-state index contributed by atoms with van der Waals surface area (Å²) in [5, 5.41) is 2.32. The van der Waals surface area contributed by atoms with E-state index in [1.807, 2.05) is 29.2 Å². The van der Waals surface area contributed by atoms with Crippen LogP contribution in [-0.2, 0) is 16.0 Å². The fraction of sp³-hybridized carbons (Fsp3) is 0.353. The van der Waals surface area contributed by atoms with Crippen LogP contribution in [0.5, 0.6) is 0 Å². The van der Waals surface area contributed by atoms with E-state index >= 15 is 0 Å². The second-order valence-corrected chi connectivity index (χ2v) is 5.38. The summed E-state index contributed by atoms with van der Waals surface area (Å²) in [6, 6.07) is 14.3. The van der Waals surface area contributed by atoms with Crippen LogP contribution >= 0.6 is 0 Å². The second-order valence-electron chi connectivity index (χ2n) is 5.38. The summed E-state index contributed by atoms with van der Waals surface area (Å²) in [6.45, 7) is 2.28. The third-order valence-corrected chi connectivity index (χ3v) is 3.98. The highest BCUT2D eigenvalue weighted by atomic mass is 16.5. The van der Waals surface area contributed by atoms with E-state index in [1.165, 1.54) is 5.39 Å². The lowest BCUT2D eigenvalue weighted by atomic mass is 10.0.